The molecular weight excluding hydrogens is 364 g/mol. The van der Waals surface area contributed by atoms with Gasteiger partial charge in [-0.25, -0.2) is 0 Å². The predicted molar refractivity (Wildman–Crippen MR) is 124 cm³/mol. The largest absolute Gasteiger partial charge is 0.264 e. The molecule has 5 rings (SSSR count). The topological polar surface area (TPSA) is 16.8 Å². The maximum Gasteiger partial charge on any atom is 0.220 e. The lowest BCUT2D eigenvalue weighted by atomic mass is 9.91. The first-order valence-electron chi connectivity index (χ1n) is 11.1. The Kier molecular flexibility index (Phi) is 4.86. The Bertz CT molecular complexity index is 1220. The number of fused-ring (bicyclic) bond motifs is 1. The first-order valence-corrected chi connectivity index (χ1v) is 11.1. The molecule has 1 saturated carbocycles. The van der Waals surface area contributed by atoms with Crippen LogP contribution in [0.2, 0.25) is 0 Å². The summed E-state index contributed by atoms with van der Waals surface area (Å²) in [4.78, 5) is 4.29. The molecule has 0 spiro atoms. The van der Waals surface area contributed by atoms with Gasteiger partial charge in [0.15, 0.2) is 5.69 Å². The van der Waals surface area contributed by atoms with Crippen molar-refractivity contribution in [2.45, 2.75) is 45.4 Å². The zero-order chi connectivity index (χ0) is 20.7. The fourth-order valence-electron chi connectivity index (χ4n) is 5.02. The van der Waals surface area contributed by atoms with Crippen LogP contribution in [-0.2, 0) is 7.05 Å². The fraction of sp³-hybridized carbons (Fsp3) is 0.286. The molecule has 150 valence electrons. The quantitative estimate of drug-likeness (QED) is 0.355. The van der Waals surface area contributed by atoms with Crippen LogP contribution in [0.3, 0.4) is 0 Å². The third kappa shape index (κ3) is 3.31. The van der Waals surface area contributed by atoms with Crippen molar-refractivity contribution in [2.24, 2.45) is 7.05 Å². The molecule has 0 atom stereocenters. The maximum atomic E-state index is 4.29. The molecule has 4 aromatic rings. The summed E-state index contributed by atoms with van der Waals surface area (Å²) in [7, 11) is 2.20. The molecule has 0 N–H and O–H groups in total. The van der Waals surface area contributed by atoms with Gasteiger partial charge in [0.2, 0.25) is 5.69 Å². The molecule has 30 heavy (non-hydrogen) atoms. The van der Waals surface area contributed by atoms with Crippen LogP contribution in [0.5, 0.6) is 0 Å². The minimum atomic E-state index is 0.725. The van der Waals surface area contributed by atoms with Gasteiger partial charge in [-0.05, 0) is 72.0 Å². The van der Waals surface area contributed by atoms with Crippen molar-refractivity contribution >= 4 is 10.8 Å². The van der Waals surface area contributed by atoms with Gasteiger partial charge in [0.05, 0.1) is 5.39 Å². The Morgan fingerprint density at radius 3 is 2.50 bits per heavy atom. The summed E-state index contributed by atoms with van der Waals surface area (Å²) in [6, 6.07) is 20.4. The molecular formula is C28H29N2+. The summed E-state index contributed by atoms with van der Waals surface area (Å²) in [5.41, 5.74) is 9.18. The van der Waals surface area contributed by atoms with Crippen molar-refractivity contribution in [2.75, 3.05) is 0 Å². The van der Waals surface area contributed by atoms with E-state index < -0.39 is 0 Å². The summed E-state index contributed by atoms with van der Waals surface area (Å²) < 4.78 is 2.35. The van der Waals surface area contributed by atoms with Gasteiger partial charge in [-0.3, -0.25) is 4.98 Å². The van der Waals surface area contributed by atoms with Gasteiger partial charge >= 0.3 is 0 Å². The summed E-state index contributed by atoms with van der Waals surface area (Å²) in [5.74, 6) is 0.725. The van der Waals surface area contributed by atoms with E-state index in [1.165, 1.54) is 70.1 Å². The van der Waals surface area contributed by atoms with E-state index in [9.17, 15) is 0 Å². The van der Waals surface area contributed by atoms with Crippen molar-refractivity contribution in [1.29, 1.82) is 0 Å². The van der Waals surface area contributed by atoms with Gasteiger partial charge in [-0.2, -0.15) is 4.57 Å². The van der Waals surface area contributed by atoms with E-state index in [4.69, 9.17) is 0 Å². The number of rotatable bonds is 3. The highest BCUT2D eigenvalue weighted by Gasteiger charge is 2.23. The molecule has 1 aliphatic rings. The summed E-state index contributed by atoms with van der Waals surface area (Å²) >= 11 is 0. The van der Waals surface area contributed by atoms with E-state index in [1.54, 1.807) is 0 Å². The third-order valence-corrected chi connectivity index (χ3v) is 6.87. The van der Waals surface area contributed by atoms with Crippen LogP contribution in [0, 0.1) is 13.8 Å². The molecule has 2 aromatic carbocycles. The molecule has 2 aromatic heterocycles. The molecule has 0 saturated heterocycles. The first-order chi connectivity index (χ1) is 14.6. The van der Waals surface area contributed by atoms with Crippen LogP contribution < -0.4 is 4.57 Å². The van der Waals surface area contributed by atoms with E-state index in [0.29, 0.717) is 0 Å². The fourth-order valence-corrected chi connectivity index (χ4v) is 5.02. The number of aromatic nitrogens is 2. The number of benzene rings is 2. The van der Waals surface area contributed by atoms with Crippen LogP contribution >= 0.6 is 0 Å². The molecule has 1 fully saturated rings. The van der Waals surface area contributed by atoms with Gasteiger partial charge in [0.25, 0.3) is 0 Å². The molecule has 2 heterocycles. The van der Waals surface area contributed by atoms with Crippen molar-refractivity contribution in [3.8, 4) is 22.4 Å². The maximum absolute atomic E-state index is 4.29. The zero-order valence-electron chi connectivity index (χ0n) is 18.2. The number of pyridine rings is 2. The molecule has 0 unspecified atom stereocenters. The molecule has 0 amide bonds. The van der Waals surface area contributed by atoms with Crippen LogP contribution in [0.4, 0.5) is 0 Å². The van der Waals surface area contributed by atoms with Gasteiger partial charge in [-0.15, -0.1) is 0 Å². The molecule has 0 aliphatic heterocycles. The van der Waals surface area contributed by atoms with E-state index in [0.717, 1.165) is 11.5 Å². The van der Waals surface area contributed by atoms with Crippen molar-refractivity contribution in [3.63, 3.8) is 0 Å². The second kappa shape index (κ2) is 7.68. The highest BCUT2D eigenvalue weighted by Crippen LogP contribution is 2.38. The lowest BCUT2D eigenvalue weighted by Gasteiger charge is -2.15. The monoisotopic (exact) mass is 393 g/mol. The summed E-state index contributed by atoms with van der Waals surface area (Å²) in [5, 5.41) is 2.59. The van der Waals surface area contributed by atoms with Gasteiger partial charge in [0.1, 0.15) is 7.05 Å². The lowest BCUT2D eigenvalue weighted by Crippen LogP contribution is -2.35. The van der Waals surface area contributed by atoms with E-state index >= 15 is 0 Å². The van der Waals surface area contributed by atoms with E-state index in [-0.39, 0.29) is 0 Å². The summed E-state index contributed by atoms with van der Waals surface area (Å²) in [6.07, 6.45) is 9.16. The Morgan fingerprint density at radius 1 is 0.900 bits per heavy atom. The second-order valence-corrected chi connectivity index (χ2v) is 8.79. The van der Waals surface area contributed by atoms with Gasteiger partial charge in [-0.1, -0.05) is 37.1 Å². The highest BCUT2D eigenvalue weighted by molar-refractivity contribution is 5.96. The molecule has 2 nitrogen and oxygen atoms in total. The Balaban J connectivity index is 1.71. The molecule has 2 heteroatoms. The van der Waals surface area contributed by atoms with Crippen molar-refractivity contribution in [3.05, 3.63) is 83.8 Å². The first kappa shape index (κ1) is 19.0. The van der Waals surface area contributed by atoms with Crippen LogP contribution in [0.15, 0.2) is 67.0 Å². The Morgan fingerprint density at radius 2 is 1.73 bits per heavy atom. The third-order valence-electron chi connectivity index (χ3n) is 6.87. The minimum Gasteiger partial charge on any atom is -0.264 e. The number of hydrogen-bond donors (Lipinski definition) is 0. The van der Waals surface area contributed by atoms with Gasteiger partial charge < -0.3 is 0 Å². The van der Waals surface area contributed by atoms with Crippen molar-refractivity contribution in [1.82, 2.24) is 4.98 Å². The lowest BCUT2D eigenvalue weighted by molar-refractivity contribution is -0.665. The molecule has 0 bridgehead atoms. The number of hydrogen-bond acceptors (Lipinski definition) is 1. The van der Waals surface area contributed by atoms with Crippen molar-refractivity contribution < 1.29 is 4.57 Å². The summed E-state index contributed by atoms with van der Waals surface area (Å²) in [6.45, 7) is 4.45. The minimum absolute atomic E-state index is 0.725. The second-order valence-electron chi connectivity index (χ2n) is 8.79. The predicted octanol–water partition coefficient (Wildman–Crippen LogP) is 6.67. The molecule has 1 aliphatic carbocycles. The van der Waals surface area contributed by atoms with Crippen LogP contribution in [0.25, 0.3) is 33.2 Å². The standard InChI is InChI=1S/C28H29N2/c1-19-10-11-23(21-7-4-5-8-21)17-27(19)28-26-13-12-22(24-9-6-14-29-18-24)16-25(26)15-20(2)30(28)3/h6,9-18,21H,4-5,7-8H2,1-3H3/q+1. The van der Waals surface area contributed by atoms with E-state index in [1.807, 2.05) is 18.5 Å². The average molecular weight is 394 g/mol. The smallest absolute Gasteiger partial charge is 0.220 e. The number of aryl methyl sites for hydroxylation is 2. The Hall–Kier alpha value is -3.00. The van der Waals surface area contributed by atoms with E-state index in [2.05, 4.69) is 79.0 Å². The molecule has 0 radical (unpaired) electrons. The highest BCUT2D eigenvalue weighted by atomic mass is 14.9. The zero-order valence-corrected chi connectivity index (χ0v) is 18.2. The SMILES string of the molecule is Cc1ccc(C2CCCC2)cc1-c1c2ccc(-c3cccnc3)cc2cc(C)[n+]1C. The van der Waals surface area contributed by atoms with Crippen LogP contribution in [-0.4, -0.2) is 4.98 Å². The number of nitrogens with zero attached hydrogens (tertiary/aromatic N) is 2. The Labute approximate surface area is 179 Å². The normalized spacial score (nSPS) is 14.5. The average Bonchev–Trinajstić information content (AvgIpc) is 3.31. The van der Waals surface area contributed by atoms with Crippen LogP contribution in [0.1, 0.15) is 48.4 Å². The van der Waals surface area contributed by atoms with Gasteiger partial charge in [0, 0.05) is 36.5 Å².